The molecule has 3 unspecified atom stereocenters. The molecule has 61 heavy (non-hydrogen) atoms. The van der Waals surface area contributed by atoms with E-state index >= 15 is 0 Å². The smallest absolute Gasteiger partial charge is 0.189 e. The summed E-state index contributed by atoms with van der Waals surface area (Å²) in [5.41, 5.74) is -2.80. The fourth-order valence-corrected chi connectivity index (χ4v) is 8.76. The Morgan fingerprint density at radius 2 is 0.557 bits per heavy atom. The van der Waals surface area contributed by atoms with Crippen LogP contribution in [0.2, 0.25) is 0 Å². The zero-order chi connectivity index (χ0) is 44.9. The third-order valence-corrected chi connectivity index (χ3v) is 13.1. The van der Waals surface area contributed by atoms with Crippen molar-refractivity contribution in [3.8, 4) is 0 Å². The van der Waals surface area contributed by atoms with E-state index in [1.54, 1.807) is 0 Å². The Hall–Kier alpha value is -1.37. The Labute approximate surface area is 379 Å². The van der Waals surface area contributed by atoms with E-state index in [1.807, 2.05) is 0 Å². The monoisotopic (exact) mass is 861 g/mol. The highest BCUT2D eigenvalue weighted by atomic mass is 16.4. The number of unbranched alkanes of at least 4 members (excludes halogenated alkanes) is 37. The summed E-state index contributed by atoms with van der Waals surface area (Å²) in [5, 5.41) is 34.1. The molecule has 0 bridgehead atoms. The number of carbonyl (C=O) groups is 3. The molecule has 6 heteroatoms. The number of aliphatic hydroxyl groups is 3. The van der Waals surface area contributed by atoms with Crippen LogP contribution in [-0.2, 0) is 14.4 Å². The maximum atomic E-state index is 13.6. The second kappa shape index (κ2) is 45.2. The first-order valence-corrected chi connectivity index (χ1v) is 27.1. The van der Waals surface area contributed by atoms with Gasteiger partial charge >= 0.3 is 0 Å². The molecule has 3 atom stereocenters. The predicted molar refractivity (Wildman–Crippen MR) is 261 cm³/mol. The summed E-state index contributed by atoms with van der Waals surface area (Å²) < 4.78 is 0. The van der Waals surface area contributed by atoms with Gasteiger partial charge in [-0.25, -0.2) is 0 Å². The van der Waals surface area contributed by atoms with E-state index < -0.39 is 35.2 Å². The van der Waals surface area contributed by atoms with E-state index in [9.17, 15) is 29.7 Å². The molecule has 0 spiro atoms. The summed E-state index contributed by atoms with van der Waals surface area (Å²) in [6, 6.07) is 0. The van der Waals surface area contributed by atoms with Gasteiger partial charge in [0.05, 0.1) is 0 Å². The number of hydrogen-bond acceptors (Lipinski definition) is 6. The lowest BCUT2D eigenvalue weighted by Crippen LogP contribution is -2.63. The van der Waals surface area contributed by atoms with Gasteiger partial charge < -0.3 is 15.3 Å². The van der Waals surface area contributed by atoms with E-state index in [0.29, 0.717) is 19.3 Å². The first kappa shape index (κ1) is 59.6. The zero-order valence-corrected chi connectivity index (χ0v) is 41.0. The molecule has 0 aromatic heterocycles. The molecule has 0 aromatic rings. The topological polar surface area (TPSA) is 112 Å². The quantitative estimate of drug-likeness (QED) is 0.0415. The standard InChI is InChI=1S/C55H104O6/c1-4-7-10-13-16-19-22-25-27-30-33-36-39-42-45-48-51(57)54(60)55(61,52(58)49-46-43-40-37-34-31-28-26-23-20-17-14-11-8-5-2)53(59)50(56)47-44-41-38-35-32-29-24-21-18-15-12-9-6-3/h25,27,53-54,59-61H,4-24,26,28-49H2,1-3H3. The molecule has 0 fully saturated rings. The summed E-state index contributed by atoms with van der Waals surface area (Å²) in [5.74, 6) is -2.13. The average molecular weight is 861 g/mol. The lowest BCUT2D eigenvalue weighted by atomic mass is 9.78. The van der Waals surface area contributed by atoms with Gasteiger partial charge in [-0.1, -0.05) is 251 Å². The third-order valence-electron chi connectivity index (χ3n) is 13.1. The number of rotatable bonds is 50. The Balaban J connectivity index is 4.77. The van der Waals surface area contributed by atoms with E-state index in [0.717, 1.165) is 77.0 Å². The maximum Gasteiger partial charge on any atom is 0.189 e. The first-order chi connectivity index (χ1) is 29.8. The van der Waals surface area contributed by atoms with Gasteiger partial charge in [-0.3, -0.25) is 14.4 Å². The summed E-state index contributed by atoms with van der Waals surface area (Å²) in [4.78, 5) is 40.1. The minimum atomic E-state index is -2.80. The Morgan fingerprint density at radius 3 is 0.820 bits per heavy atom. The second-order valence-corrected chi connectivity index (χ2v) is 19.0. The van der Waals surface area contributed by atoms with Crippen LogP contribution in [0.5, 0.6) is 0 Å². The van der Waals surface area contributed by atoms with Crippen molar-refractivity contribution in [1.82, 2.24) is 0 Å². The van der Waals surface area contributed by atoms with E-state index in [1.165, 1.54) is 167 Å². The Bertz CT molecular complexity index is 1010. The summed E-state index contributed by atoms with van der Waals surface area (Å²) in [7, 11) is 0. The molecule has 0 rings (SSSR count). The van der Waals surface area contributed by atoms with Crippen LogP contribution in [0.4, 0.5) is 0 Å². The minimum Gasteiger partial charge on any atom is -0.382 e. The molecule has 0 saturated heterocycles. The molecule has 3 N–H and O–H groups in total. The lowest BCUT2D eigenvalue weighted by molar-refractivity contribution is -0.181. The number of allylic oxidation sites excluding steroid dienone is 2. The van der Waals surface area contributed by atoms with Crippen LogP contribution in [0.1, 0.15) is 303 Å². The highest BCUT2D eigenvalue weighted by molar-refractivity contribution is 6.01. The normalized spacial score (nSPS) is 13.8. The van der Waals surface area contributed by atoms with Crippen molar-refractivity contribution in [1.29, 1.82) is 0 Å². The van der Waals surface area contributed by atoms with Gasteiger partial charge in [0.25, 0.3) is 0 Å². The number of carbonyl (C=O) groups excluding carboxylic acids is 3. The van der Waals surface area contributed by atoms with Crippen molar-refractivity contribution in [3.63, 3.8) is 0 Å². The van der Waals surface area contributed by atoms with E-state index in [-0.39, 0.29) is 19.3 Å². The molecule has 360 valence electrons. The first-order valence-electron chi connectivity index (χ1n) is 27.1. The number of hydrogen-bond donors (Lipinski definition) is 3. The van der Waals surface area contributed by atoms with Gasteiger partial charge in [0.15, 0.2) is 35.2 Å². The zero-order valence-electron chi connectivity index (χ0n) is 41.0. The number of Topliss-reactive ketones (excluding diaryl/α,β-unsaturated/α-hetero) is 3. The molecule has 0 amide bonds. The van der Waals surface area contributed by atoms with E-state index in [2.05, 4.69) is 32.9 Å². The van der Waals surface area contributed by atoms with Crippen molar-refractivity contribution in [3.05, 3.63) is 12.2 Å². The number of ketones is 3. The van der Waals surface area contributed by atoms with Crippen LogP contribution in [-0.4, -0.2) is 50.5 Å². The van der Waals surface area contributed by atoms with Crippen molar-refractivity contribution in [2.24, 2.45) is 0 Å². The molecule has 0 heterocycles. The fraction of sp³-hybridized carbons (Fsp3) is 0.909. The summed E-state index contributed by atoms with van der Waals surface area (Å²) >= 11 is 0. The summed E-state index contributed by atoms with van der Waals surface area (Å²) in [6.45, 7) is 6.75. The highest BCUT2D eigenvalue weighted by Crippen LogP contribution is 2.26. The second-order valence-electron chi connectivity index (χ2n) is 19.0. The Morgan fingerprint density at radius 1 is 0.344 bits per heavy atom. The molecule has 0 aliphatic heterocycles. The SMILES string of the molecule is CCCCCCCCC=CCCCCCCCC(=O)C(O)C(O)(C(=O)CCCCCCCCCCCCCCCCC)C(O)C(=O)CCCCCCCCCCCCCCC. The largest absolute Gasteiger partial charge is 0.382 e. The molecule has 0 radical (unpaired) electrons. The molecule has 0 aliphatic carbocycles. The summed E-state index contributed by atoms with van der Waals surface area (Å²) in [6.07, 6.45) is 47.8. The lowest BCUT2D eigenvalue weighted by Gasteiger charge is -2.34. The molecular formula is C55H104O6. The van der Waals surface area contributed by atoms with Gasteiger partial charge in [-0.2, -0.15) is 0 Å². The van der Waals surface area contributed by atoms with Crippen LogP contribution in [0.25, 0.3) is 0 Å². The molecule has 0 aromatic carbocycles. The van der Waals surface area contributed by atoms with Crippen LogP contribution in [0, 0.1) is 0 Å². The Kier molecular flexibility index (Phi) is 44.2. The van der Waals surface area contributed by atoms with Gasteiger partial charge in [-0.05, 0) is 44.9 Å². The van der Waals surface area contributed by atoms with Crippen LogP contribution >= 0.6 is 0 Å². The molecule has 0 aliphatic rings. The van der Waals surface area contributed by atoms with Gasteiger partial charge in [-0.15, -0.1) is 0 Å². The maximum absolute atomic E-state index is 13.6. The van der Waals surface area contributed by atoms with Crippen molar-refractivity contribution >= 4 is 17.3 Å². The van der Waals surface area contributed by atoms with Crippen LogP contribution < -0.4 is 0 Å². The number of aliphatic hydroxyl groups excluding tert-OH is 2. The van der Waals surface area contributed by atoms with Gasteiger partial charge in [0.1, 0.15) is 0 Å². The molecule has 6 nitrogen and oxygen atoms in total. The van der Waals surface area contributed by atoms with Gasteiger partial charge in [0, 0.05) is 19.3 Å². The van der Waals surface area contributed by atoms with Crippen LogP contribution in [0.3, 0.4) is 0 Å². The molecule has 0 saturated carbocycles. The minimum absolute atomic E-state index is 0.00758. The van der Waals surface area contributed by atoms with Crippen molar-refractivity contribution in [2.45, 2.75) is 321 Å². The predicted octanol–water partition coefficient (Wildman–Crippen LogP) is 15.9. The van der Waals surface area contributed by atoms with E-state index in [4.69, 9.17) is 0 Å². The van der Waals surface area contributed by atoms with Gasteiger partial charge in [0.2, 0.25) is 0 Å². The third kappa shape index (κ3) is 34.7. The van der Waals surface area contributed by atoms with Crippen molar-refractivity contribution < 1.29 is 29.7 Å². The van der Waals surface area contributed by atoms with Crippen molar-refractivity contribution in [2.75, 3.05) is 0 Å². The fourth-order valence-electron chi connectivity index (χ4n) is 8.76. The molecular weight excluding hydrogens is 757 g/mol. The van der Waals surface area contributed by atoms with Crippen LogP contribution in [0.15, 0.2) is 12.2 Å². The average Bonchev–Trinajstić information content (AvgIpc) is 3.26. The highest BCUT2D eigenvalue weighted by Gasteiger charge is 2.53.